The number of fused-ring (bicyclic) bond motifs is 1. The molecule has 0 bridgehead atoms. The number of carbonyl (C=O) groups is 1. The van der Waals surface area contributed by atoms with Gasteiger partial charge in [0, 0.05) is 26.6 Å². The first-order valence-electron chi connectivity index (χ1n) is 7.57. The molecule has 3 rings (SSSR count). The molecule has 1 aliphatic heterocycles. The molecule has 0 spiro atoms. The van der Waals surface area contributed by atoms with Crippen LogP contribution in [0.15, 0.2) is 0 Å². The summed E-state index contributed by atoms with van der Waals surface area (Å²) in [5.41, 5.74) is 0. The monoisotopic (exact) mass is 251 g/mol. The zero-order valence-corrected chi connectivity index (χ0v) is 11.4. The molecule has 18 heavy (non-hydrogen) atoms. The van der Waals surface area contributed by atoms with E-state index in [1.165, 1.54) is 25.7 Å². The number of methoxy groups -OCH3 is 1. The summed E-state index contributed by atoms with van der Waals surface area (Å²) >= 11 is 0. The Bertz CT molecular complexity index is 298. The molecule has 1 heterocycles. The summed E-state index contributed by atoms with van der Waals surface area (Å²) < 4.78 is 5.45. The highest BCUT2D eigenvalue weighted by atomic mass is 16.5. The van der Waals surface area contributed by atoms with Crippen molar-refractivity contribution in [3.63, 3.8) is 0 Å². The van der Waals surface area contributed by atoms with E-state index in [-0.39, 0.29) is 0 Å². The van der Waals surface area contributed by atoms with E-state index in [2.05, 4.69) is 4.90 Å². The van der Waals surface area contributed by atoms with Crippen molar-refractivity contribution in [3.8, 4) is 0 Å². The van der Waals surface area contributed by atoms with Crippen molar-refractivity contribution in [2.24, 2.45) is 17.8 Å². The van der Waals surface area contributed by atoms with Gasteiger partial charge in [0.05, 0.1) is 6.10 Å². The summed E-state index contributed by atoms with van der Waals surface area (Å²) in [5.74, 6) is 2.53. The molecule has 102 valence electrons. The second-order valence-electron chi connectivity index (χ2n) is 6.50. The number of nitrogens with zero attached hydrogens (tertiary/aromatic N) is 1. The largest absolute Gasteiger partial charge is 0.381 e. The van der Waals surface area contributed by atoms with Crippen LogP contribution in [0.25, 0.3) is 0 Å². The first-order valence-corrected chi connectivity index (χ1v) is 7.57. The molecule has 3 aliphatic rings. The van der Waals surface area contributed by atoms with E-state index >= 15 is 0 Å². The first-order chi connectivity index (χ1) is 8.76. The third-order valence-electron chi connectivity index (χ3n) is 5.33. The van der Waals surface area contributed by atoms with E-state index < -0.39 is 0 Å². The van der Waals surface area contributed by atoms with Gasteiger partial charge < -0.3 is 9.64 Å². The molecule has 0 N–H and O–H groups in total. The Morgan fingerprint density at radius 1 is 1.17 bits per heavy atom. The molecule has 3 fully saturated rings. The quantitative estimate of drug-likeness (QED) is 0.771. The summed E-state index contributed by atoms with van der Waals surface area (Å²) in [4.78, 5) is 14.4. The maximum atomic E-state index is 12.3. The molecule has 3 heteroatoms. The van der Waals surface area contributed by atoms with Crippen LogP contribution in [0.5, 0.6) is 0 Å². The van der Waals surface area contributed by atoms with Gasteiger partial charge in [0.2, 0.25) is 5.91 Å². The molecule has 3 nitrogen and oxygen atoms in total. The van der Waals surface area contributed by atoms with E-state index in [1.807, 2.05) is 7.11 Å². The predicted octanol–water partition coefficient (Wildman–Crippen LogP) is 2.45. The number of ether oxygens (including phenoxy) is 1. The third kappa shape index (κ3) is 2.42. The van der Waals surface area contributed by atoms with Gasteiger partial charge in [-0.05, 0) is 43.4 Å². The number of likely N-dealkylation sites (tertiary alicyclic amines) is 1. The number of hydrogen-bond acceptors (Lipinski definition) is 2. The fourth-order valence-electron chi connectivity index (χ4n) is 4.23. The minimum atomic E-state index is 0.422. The van der Waals surface area contributed by atoms with Gasteiger partial charge in [0.1, 0.15) is 0 Å². The SMILES string of the molecule is COC1C[C@@H]2CN(C(=O)CC3CCCC3)C[C@@H]2C1. The Balaban J connectivity index is 1.49. The van der Waals surface area contributed by atoms with Gasteiger partial charge in [0.15, 0.2) is 0 Å². The second-order valence-corrected chi connectivity index (χ2v) is 6.50. The number of rotatable bonds is 3. The molecule has 2 saturated carbocycles. The first kappa shape index (κ1) is 12.5. The molecule has 3 atom stereocenters. The van der Waals surface area contributed by atoms with Crippen LogP contribution in [0.4, 0.5) is 0 Å². The van der Waals surface area contributed by atoms with E-state index in [0.717, 1.165) is 32.4 Å². The lowest BCUT2D eigenvalue weighted by Crippen LogP contribution is -2.31. The van der Waals surface area contributed by atoms with Crippen LogP contribution in [0.2, 0.25) is 0 Å². The Morgan fingerprint density at radius 2 is 1.78 bits per heavy atom. The topological polar surface area (TPSA) is 29.5 Å². The lowest BCUT2D eigenvalue weighted by Gasteiger charge is -2.20. The Hall–Kier alpha value is -0.570. The van der Waals surface area contributed by atoms with E-state index in [1.54, 1.807) is 0 Å². The van der Waals surface area contributed by atoms with Gasteiger partial charge >= 0.3 is 0 Å². The normalized spacial score (nSPS) is 36.3. The van der Waals surface area contributed by atoms with Crippen molar-refractivity contribution in [3.05, 3.63) is 0 Å². The van der Waals surface area contributed by atoms with Crippen LogP contribution < -0.4 is 0 Å². The number of carbonyl (C=O) groups excluding carboxylic acids is 1. The fourth-order valence-corrected chi connectivity index (χ4v) is 4.23. The molecule has 1 saturated heterocycles. The van der Waals surface area contributed by atoms with Crippen LogP contribution in [0, 0.1) is 17.8 Å². The highest BCUT2D eigenvalue weighted by molar-refractivity contribution is 5.76. The van der Waals surface area contributed by atoms with Crippen molar-refractivity contribution in [1.82, 2.24) is 4.90 Å². The van der Waals surface area contributed by atoms with Gasteiger partial charge in [-0.15, -0.1) is 0 Å². The Kier molecular flexibility index (Phi) is 3.60. The van der Waals surface area contributed by atoms with Crippen molar-refractivity contribution in [1.29, 1.82) is 0 Å². The molecule has 0 aromatic carbocycles. The van der Waals surface area contributed by atoms with Gasteiger partial charge in [-0.1, -0.05) is 12.8 Å². The highest BCUT2D eigenvalue weighted by Gasteiger charge is 2.42. The zero-order chi connectivity index (χ0) is 12.5. The molecule has 0 aromatic rings. The minimum absolute atomic E-state index is 0.422. The van der Waals surface area contributed by atoms with Crippen LogP contribution in [0.3, 0.4) is 0 Å². The van der Waals surface area contributed by atoms with Crippen molar-refractivity contribution in [2.75, 3.05) is 20.2 Å². The molecule has 2 aliphatic carbocycles. The van der Waals surface area contributed by atoms with Crippen LogP contribution >= 0.6 is 0 Å². The summed E-state index contributed by atoms with van der Waals surface area (Å²) in [7, 11) is 1.81. The van der Waals surface area contributed by atoms with Crippen LogP contribution in [-0.4, -0.2) is 37.1 Å². The molecular weight excluding hydrogens is 226 g/mol. The summed E-state index contributed by atoms with van der Waals surface area (Å²) in [5, 5.41) is 0. The molecule has 0 aromatic heterocycles. The van der Waals surface area contributed by atoms with Crippen LogP contribution in [0.1, 0.15) is 44.9 Å². The second kappa shape index (κ2) is 5.20. The van der Waals surface area contributed by atoms with Gasteiger partial charge in [-0.3, -0.25) is 4.79 Å². The summed E-state index contributed by atoms with van der Waals surface area (Å²) in [6.07, 6.45) is 8.80. The Labute approximate surface area is 110 Å². The van der Waals surface area contributed by atoms with Gasteiger partial charge in [0.25, 0.3) is 0 Å². The summed E-state index contributed by atoms with van der Waals surface area (Å²) in [6, 6.07) is 0. The standard InChI is InChI=1S/C15H25NO2/c1-18-14-7-12-9-16(10-13(12)8-14)15(17)6-11-4-2-3-5-11/h11-14H,2-10H2,1H3/t12-,13+,14?. The van der Waals surface area contributed by atoms with Gasteiger partial charge in [-0.2, -0.15) is 0 Å². The van der Waals surface area contributed by atoms with E-state index in [0.29, 0.717) is 29.8 Å². The molecule has 0 radical (unpaired) electrons. The van der Waals surface area contributed by atoms with Crippen molar-refractivity contribution in [2.45, 2.75) is 51.0 Å². The average Bonchev–Trinajstić information content (AvgIpc) is 3.02. The third-order valence-corrected chi connectivity index (χ3v) is 5.33. The minimum Gasteiger partial charge on any atom is -0.381 e. The fraction of sp³-hybridized carbons (Fsp3) is 0.933. The lowest BCUT2D eigenvalue weighted by atomic mass is 10.0. The number of hydrogen-bond donors (Lipinski definition) is 0. The summed E-state index contributed by atoms with van der Waals surface area (Å²) in [6.45, 7) is 1.99. The van der Waals surface area contributed by atoms with E-state index in [9.17, 15) is 4.79 Å². The maximum Gasteiger partial charge on any atom is 0.222 e. The Morgan fingerprint density at radius 3 is 2.33 bits per heavy atom. The molecular formula is C15H25NO2. The predicted molar refractivity (Wildman–Crippen MR) is 70.2 cm³/mol. The van der Waals surface area contributed by atoms with E-state index in [4.69, 9.17) is 4.74 Å². The lowest BCUT2D eigenvalue weighted by molar-refractivity contribution is -0.131. The zero-order valence-electron chi connectivity index (χ0n) is 11.4. The maximum absolute atomic E-state index is 12.3. The van der Waals surface area contributed by atoms with Crippen molar-refractivity contribution < 1.29 is 9.53 Å². The molecule has 1 unspecified atom stereocenters. The number of amides is 1. The van der Waals surface area contributed by atoms with Crippen molar-refractivity contribution >= 4 is 5.91 Å². The van der Waals surface area contributed by atoms with Gasteiger partial charge in [-0.25, -0.2) is 0 Å². The highest BCUT2D eigenvalue weighted by Crippen LogP contribution is 2.39. The van der Waals surface area contributed by atoms with Crippen LogP contribution in [-0.2, 0) is 9.53 Å². The molecule has 1 amide bonds. The average molecular weight is 251 g/mol. The smallest absolute Gasteiger partial charge is 0.222 e.